The standard InChI is InChI=1S/C7H12NO4/c1-7(2,11)5(4-9)8-6(10)12-3/h5,11H,1-3H3,(H,8,10)/t5-/m0/s1. The number of hydrogen-bond donors (Lipinski definition) is 2. The molecule has 0 aliphatic carbocycles. The van der Waals surface area contributed by atoms with Gasteiger partial charge in [-0.25, -0.2) is 4.79 Å². The third-order valence-corrected chi connectivity index (χ3v) is 1.27. The van der Waals surface area contributed by atoms with E-state index in [1.807, 2.05) is 0 Å². The largest absolute Gasteiger partial charge is 0.453 e. The van der Waals surface area contributed by atoms with Gasteiger partial charge >= 0.3 is 6.09 Å². The van der Waals surface area contributed by atoms with E-state index in [1.54, 1.807) is 0 Å². The first-order valence-electron chi connectivity index (χ1n) is 3.36. The fourth-order valence-corrected chi connectivity index (χ4v) is 0.527. The average molecular weight is 174 g/mol. The number of alkyl carbamates (subject to hydrolysis) is 1. The fraction of sp³-hybridized carbons (Fsp3) is 0.714. The van der Waals surface area contributed by atoms with Crippen LogP contribution in [-0.2, 0) is 9.53 Å². The van der Waals surface area contributed by atoms with Crippen molar-refractivity contribution in [3.05, 3.63) is 0 Å². The van der Waals surface area contributed by atoms with E-state index in [0.717, 1.165) is 0 Å². The van der Waals surface area contributed by atoms with Crippen molar-refractivity contribution >= 4 is 12.4 Å². The molecule has 0 saturated carbocycles. The molecule has 12 heavy (non-hydrogen) atoms. The molecule has 5 heteroatoms. The third-order valence-electron chi connectivity index (χ3n) is 1.27. The van der Waals surface area contributed by atoms with Gasteiger partial charge in [0.05, 0.1) is 12.7 Å². The molecular weight excluding hydrogens is 162 g/mol. The minimum atomic E-state index is -1.34. The highest BCUT2D eigenvalue weighted by Gasteiger charge is 2.28. The van der Waals surface area contributed by atoms with Crippen molar-refractivity contribution in [2.45, 2.75) is 25.5 Å². The summed E-state index contributed by atoms with van der Waals surface area (Å²) in [5.74, 6) is 0. The molecule has 0 aromatic carbocycles. The van der Waals surface area contributed by atoms with Crippen LogP contribution >= 0.6 is 0 Å². The van der Waals surface area contributed by atoms with Crippen molar-refractivity contribution in [2.24, 2.45) is 0 Å². The molecule has 0 rings (SSSR count). The van der Waals surface area contributed by atoms with E-state index in [-0.39, 0.29) is 0 Å². The summed E-state index contributed by atoms with van der Waals surface area (Å²) in [5.41, 5.74) is -1.34. The van der Waals surface area contributed by atoms with Crippen LogP contribution in [-0.4, -0.2) is 36.2 Å². The molecule has 0 aromatic rings. The lowest BCUT2D eigenvalue weighted by Gasteiger charge is -2.23. The molecule has 1 atom stereocenters. The first kappa shape index (κ1) is 10.9. The van der Waals surface area contributed by atoms with E-state index in [0.29, 0.717) is 0 Å². The molecular formula is C7H12NO4. The SMILES string of the molecule is COC(=O)N[C@@H]([C]=O)C(C)(C)O. The van der Waals surface area contributed by atoms with Crippen molar-refractivity contribution in [1.82, 2.24) is 5.32 Å². The second-order valence-electron chi connectivity index (χ2n) is 2.84. The zero-order chi connectivity index (χ0) is 9.78. The summed E-state index contributed by atoms with van der Waals surface area (Å²) in [6.45, 7) is 2.77. The zero-order valence-electron chi connectivity index (χ0n) is 7.25. The lowest BCUT2D eigenvalue weighted by atomic mass is 10.0. The predicted molar refractivity (Wildman–Crippen MR) is 41.3 cm³/mol. The van der Waals surface area contributed by atoms with Gasteiger partial charge in [-0.05, 0) is 13.8 Å². The Morgan fingerprint density at radius 1 is 1.67 bits per heavy atom. The van der Waals surface area contributed by atoms with Crippen LogP contribution in [0.1, 0.15) is 13.8 Å². The summed E-state index contributed by atoms with van der Waals surface area (Å²) in [5, 5.41) is 11.4. The molecule has 69 valence electrons. The maximum atomic E-state index is 10.6. The van der Waals surface area contributed by atoms with Gasteiger partial charge in [0.2, 0.25) is 6.29 Å². The van der Waals surface area contributed by atoms with E-state index in [4.69, 9.17) is 0 Å². The van der Waals surface area contributed by atoms with Crippen molar-refractivity contribution < 1.29 is 19.4 Å². The molecule has 5 nitrogen and oxygen atoms in total. The van der Waals surface area contributed by atoms with E-state index >= 15 is 0 Å². The summed E-state index contributed by atoms with van der Waals surface area (Å²) >= 11 is 0. The Hall–Kier alpha value is -1.10. The lowest BCUT2D eigenvalue weighted by Crippen LogP contribution is -2.50. The smallest absolute Gasteiger partial charge is 0.407 e. The quantitative estimate of drug-likeness (QED) is 0.610. The van der Waals surface area contributed by atoms with Crippen LogP contribution in [0.15, 0.2) is 0 Å². The highest BCUT2D eigenvalue weighted by Crippen LogP contribution is 2.05. The van der Waals surface area contributed by atoms with Crippen LogP contribution in [0.2, 0.25) is 0 Å². The van der Waals surface area contributed by atoms with Gasteiger partial charge < -0.3 is 15.2 Å². The lowest BCUT2D eigenvalue weighted by molar-refractivity contribution is 0.0576. The number of hydrogen-bond acceptors (Lipinski definition) is 4. The molecule has 0 aliphatic heterocycles. The Kier molecular flexibility index (Phi) is 3.69. The highest BCUT2D eigenvalue weighted by atomic mass is 16.5. The van der Waals surface area contributed by atoms with E-state index in [1.165, 1.54) is 27.2 Å². The number of rotatable bonds is 3. The first-order chi connectivity index (χ1) is 5.41. The van der Waals surface area contributed by atoms with Gasteiger partial charge in [-0.2, -0.15) is 0 Å². The molecule has 0 fully saturated rings. The van der Waals surface area contributed by atoms with Crippen molar-refractivity contribution in [2.75, 3.05) is 7.11 Å². The predicted octanol–water partition coefficient (Wildman–Crippen LogP) is -0.408. The summed E-state index contributed by atoms with van der Waals surface area (Å²) in [7, 11) is 1.17. The minimum Gasteiger partial charge on any atom is -0.453 e. The Labute approximate surface area is 70.7 Å². The van der Waals surface area contributed by atoms with Gasteiger partial charge in [0, 0.05) is 0 Å². The molecule has 0 aliphatic rings. The van der Waals surface area contributed by atoms with E-state index in [2.05, 4.69) is 10.1 Å². The second-order valence-corrected chi connectivity index (χ2v) is 2.84. The van der Waals surface area contributed by atoms with Crippen LogP contribution in [0.3, 0.4) is 0 Å². The topological polar surface area (TPSA) is 75.6 Å². The number of nitrogens with one attached hydrogen (secondary N) is 1. The summed E-state index contributed by atoms with van der Waals surface area (Å²) in [6, 6.07) is -1.08. The number of aliphatic hydroxyl groups is 1. The highest BCUT2D eigenvalue weighted by molar-refractivity contribution is 5.74. The van der Waals surface area contributed by atoms with E-state index in [9.17, 15) is 14.7 Å². The Balaban J connectivity index is 4.19. The van der Waals surface area contributed by atoms with Crippen LogP contribution in [0.4, 0.5) is 4.79 Å². The third kappa shape index (κ3) is 3.34. The molecule has 0 spiro atoms. The van der Waals surface area contributed by atoms with Crippen LogP contribution in [0.25, 0.3) is 0 Å². The van der Waals surface area contributed by atoms with E-state index < -0.39 is 17.7 Å². The van der Waals surface area contributed by atoms with Crippen LogP contribution in [0, 0.1) is 0 Å². The van der Waals surface area contributed by atoms with Gasteiger partial charge in [0.25, 0.3) is 0 Å². The fourth-order valence-electron chi connectivity index (χ4n) is 0.527. The molecule has 1 amide bonds. The van der Waals surface area contributed by atoms with Gasteiger partial charge in [-0.3, -0.25) is 4.79 Å². The minimum absolute atomic E-state index is 0.773. The van der Waals surface area contributed by atoms with Gasteiger partial charge in [-0.15, -0.1) is 0 Å². The number of carbonyl (C=O) groups is 1. The zero-order valence-corrected chi connectivity index (χ0v) is 7.25. The maximum Gasteiger partial charge on any atom is 0.407 e. The monoisotopic (exact) mass is 174 g/mol. The molecule has 2 N–H and O–H groups in total. The van der Waals surface area contributed by atoms with Gasteiger partial charge in [0.1, 0.15) is 6.04 Å². The Bertz CT molecular complexity index is 173. The number of methoxy groups -OCH3 is 1. The van der Waals surface area contributed by atoms with Crippen LogP contribution in [0.5, 0.6) is 0 Å². The van der Waals surface area contributed by atoms with Crippen molar-refractivity contribution in [3.8, 4) is 0 Å². The van der Waals surface area contributed by atoms with Gasteiger partial charge in [-0.1, -0.05) is 0 Å². The van der Waals surface area contributed by atoms with Crippen molar-refractivity contribution in [3.63, 3.8) is 0 Å². The molecule has 1 radical (unpaired) electrons. The first-order valence-corrected chi connectivity index (χ1v) is 3.36. The number of amides is 1. The number of ether oxygens (including phenoxy) is 1. The molecule has 0 heterocycles. The van der Waals surface area contributed by atoms with Crippen LogP contribution < -0.4 is 5.32 Å². The summed E-state index contributed by atoms with van der Waals surface area (Å²) < 4.78 is 4.24. The Morgan fingerprint density at radius 3 is 2.42 bits per heavy atom. The summed E-state index contributed by atoms with van der Waals surface area (Å²) in [4.78, 5) is 20.9. The molecule has 0 aromatic heterocycles. The summed E-state index contributed by atoms with van der Waals surface area (Å²) in [6.07, 6.45) is 0.723. The molecule has 0 unspecified atom stereocenters. The molecule has 0 bridgehead atoms. The average Bonchev–Trinajstić information content (AvgIpc) is 1.97. The van der Waals surface area contributed by atoms with Crippen molar-refractivity contribution in [1.29, 1.82) is 0 Å². The normalized spacial score (nSPS) is 13.3. The maximum absolute atomic E-state index is 10.6. The molecule has 0 saturated heterocycles. The van der Waals surface area contributed by atoms with Gasteiger partial charge in [0.15, 0.2) is 0 Å². The Morgan fingerprint density at radius 2 is 2.17 bits per heavy atom. The second kappa shape index (κ2) is 4.06. The number of carbonyl (C=O) groups excluding carboxylic acids is 2.